The number of nitrogens with two attached hydrogens (primary N) is 1. The molecule has 1 heterocycles. The molecule has 0 amide bonds. The number of hydrogen-bond donors (Lipinski definition) is 1. The number of nitrogens with zero attached hydrogens (tertiary/aromatic N) is 1. The molecule has 2 N–H and O–H groups in total. The number of piperidine rings is 1. The van der Waals surface area contributed by atoms with Gasteiger partial charge >= 0.3 is 0 Å². The predicted octanol–water partition coefficient (Wildman–Crippen LogP) is 1.78. The minimum Gasteiger partial charge on any atom is -0.324 e. The van der Waals surface area contributed by atoms with E-state index in [0.29, 0.717) is 0 Å². The normalized spacial score (nSPS) is 32.8. The second kappa shape index (κ2) is 3.57. The Morgan fingerprint density at radius 1 is 1.31 bits per heavy atom. The van der Waals surface area contributed by atoms with Crippen molar-refractivity contribution in [2.24, 2.45) is 11.7 Å². The highest BCUT2D eigenvalue weighted by Crippen LogP contribution is 2.47. The van der Waals surface area contributed by atoms with E-state index in [0.717, 1.165) is 25.4 Å². The van der Waals surface area contributed by atoms with Crippen molar-refractivity contribution in [3.8, 4) is 0 Å². The Morgan fingerprint density at radius 3 is 2.56 bits per heavy atom. The lowest BCUT2D eigenvalue weighted by molar-refractivity contribution is 0.290. The van der Waals surface area contributed by atoms with Crippen LogP contribution < -0.4 is 5.73 Å². The fourth-order valence-corrected chi connectivity index (χ4v) is 2.89. The van der Waals surface area contributed by atoms with E-state index in [4.69, 9.17) is 5.73 Å². The molecule has 86 valence electrons. The van der Waals surface area contributed by atoms with E-state index < -0.39 is 0 Å². The summed E-state index contributed by atoms with van der Waals surface area (Å²) in [5.41, 5.74) is 9.22. The largest absolute Gasteiger partial charge is 0.324 e. The third-order valence-corrected chi connectivity index (χ3v) is 4.11. The number of rotatable bonds is 3. The van der Waals surface area contributed by atoms with Crippen molar-refractivity contribution >= 4 is 0 Å². The highest BCUT2D eigenvalue weighted by molar-refractivity contribution is 5.23. The first-order chi connectivity index (χ1) is 7.69. The fourth-order valence-electron chi connectivity index (χ4n) is 2.89. The molecule has 1 aliphatic carbocycles. The zero-order valence-corrected chi connectivity index (χ0v) is 9.95. The fraction of sp³-hybridized carbons (Fsp3) is 0.571. The van der Waals surface area contributed by atoms with E-state index in [1.54, 1.807) is 0 Å². The zero-order chi connectivity index (χ0) is 11.2. The van der Waals surface area contributed by atoms with Crippen molar-refractivity contribution < 1.29 is 0 Å². The summed E-state index contributed by atoms with van der Waals surface area (Å²) >= 11 is 0. The zero-order valence-electron chi connectivity index (χ0n) is 9.95. The third kappa shape index (κ3) is 1.76. The molecule has 16 heavy (non-hydrogen) atoms. The van der Waals surface area contributed by atoms with Gasteiger partial charge in [-0.15, -0.1) is 0 Å². The van der Waals surface area contributed by atoms with Crippen LogP contribution in [-0.4, -0.2) is 23.5 Å². The topological polar surface area (TPSA) is 29.3 Å². The van der Waals surface area contributed by atoms with Gasteiger partial charge in [0.15, 0.2) is 0 Å². The molecule has 3 rings (SSSR count). The molecule has 0 spiro atoms. The average Bonchev–Trinajstić information content (AvgIpc) is 2.79. The SMILES string of the molecule is CCc1ccc(CN2C[C@@H]3C[C@]3(N)C2)cc1. The van der Waals surface area contributed by atoms with Gasteiger partial charge in [0.2, 0.25) is 0 Å². The first-order valence-corrected chi connectivity index (χ1v) is 6.29. The van der Waals surface area contributed by atoms with Crippen LogP contribution in [0.15, 0.2) is 24.3 Å². The summed E-state index contributed by atoms with van der Waals surface area (Å²) in [4.78, 5) is 2.50. The van der Waals surface area contributed by atoms with Crippen LogP contribution >= 0.6 is 0 Å². The second-order valence-corrected chi connectivity index (χ2v) is 5.47. The summed E-state index contributed by atoms with van der Waals surface area (Å²) in [7, 11) is 0. The monoisotopic (exact) mass is 216 g/mol. The van der Waals surface area contributed by atoms with Crippen molar-refractivity contribution in [1.29, 1.82) is 0 Å². The number of likely N-dealkylation sites (tertiary alicyclic amines) is 1. The molecule has 1 aliphatic heterocycles. The van der Waals surface area contributed by atoms with Gasteiger partial charge < -0.3 is 5.73 Å². The Hall–Kier alpha value is -0.860. The Bertz CT molecular complexity index is 384. The molecule has 2 heteroatoms. The molecule has 0 bridgehead atoms. The van der Waals surface area contributed by atoms with E-state index in [1.165, 1.54) is 24.1 Å². The summed E-state index contributed by atoms with van der Waals surface area (Å²) < 4.78 is 0. The average molecular weight is 216 g/mol. The van der Waals surface area contributed by atoms with Crippen LogP contribution in [0, 0.1) is 5.92 Å². The minimum atomic E-state index is 0.184. The summed E-state index contributed by atoms with van der Waals surface area (Å²) in [6.45, 7) is 5.56. The molecule has 2 atom stereocenters. The standard InChI is InChI=1S/C14H20N2/c1-2-11-3-5-12(6-4-11)8-16-9-13-7-14(13,15)10-16/h3-6,13H,2,7-10,15H2,1H3/t13-,14-/m0/s1. The molecule has 1 saturated carbocycles. The van der Waals surface area contributed by atoms with Gasteiger partial charge in [0.25, 0.3) is 0 Å². The quantitative estimate of drug-likeness (QED) is 0.834. The van der Waals surface area contributed by atoms with Gasteiger partial charge in [-0.2, -0.15) is 0 Å². The first-order valence-electron chi connectivity index (χ1n) is 6.29. The van der Waals surface area contributed by atoms with E-state index in [2.05, 4.69) is 36.1 Å². The molecule has 1 saturated heterocycles. The molecular weight excluding hydrogens is 196 g/mol. The van der Waals surface area contributed by atoms with Crippen molar-refractivity contribution in [2.45, 2.75) is 31.8 Å². The van der Waals surface area contributed by atoms with E-state index in [9.17, 15) is 0 Å². The maximum Gasteiger partial charge on any atom is 0.0328 e. The van der Waals surface area contributed by atoms with E-state index in [-0.39, 0.29) is 5.54 Å². The van der Waals surface area contributed by atoms with Crippen molar-refractivity contribution in [3.05, 3.63) is 35.4 Å². The highest BCUT2D eigenvalue weighted by atomic mass is 15.2. The molecule has 2 aliphatic rings. The summed E-state index contributed by atoms with van der Waals surface area (Å²) in [5.74, 6) is 0.780. The molecular formula is C14H20N2. The Labute approximate surface area is 97.4 Å². The highest BCUT2D eigenvalue weighted by Gasteiger charge is 2.56. The molecule has 2 nitrogen and oxygen atoms in total. The number of aryl methyl sites for hydroxylation is 1. The number of hydrogen-bond acceptors (Lipinski definition) is 2. The maximum absolute atomic E-state index is 6.20. The van der Waals surface area contributed by atoms with Gasteiger partial charge in [-0.05, 0) is 29.9 Å². The van der Waals surface area contributed by atoms with Crippen LogP contribution in [0.3, 0.4) is 0 Å². The van der Waals surface area contributed by atoms with E-state index >= 15 is 0 Å². The minimum absolute atomic E-state index is 0.184. The summed E-state index contributed by atoms with van der Waals surface area (Å²) in [5, 5.41) is 0. The van der Waals surface area contributed by atoms with Gasteiger partial charge in [0.05, 0.1) is 0 Å². The molecule has 2 fully saturated rings. The molecule has 1 aromatic carbocycles. The number of benzene rings is 1. The van der Waals surface area contributed by atoms with Crippen molar-refractivity contribution in [2.75, 3.05) is 13.1 Å². The van der Waals surface area contributed by atoms with Crippen LogP contribution in [0.1, 0.15) is 24.5 Å². The lowest BCUT2D eigenvalue weighted by atomic mass is 10.1. The maximum atomic E-state index is 6.20. The Balaban J connectivity index is 1.62. The molecule has 0 unspecified atom stereocenters. The van der Waals surface area contributed by atoms with Crippen LogP contribution in [0.5, 0.6) is 0 Å². The van der Waals surface area contributed by atoms with Crippen molar-refractivity contribution in [1.82, 2.24) is 4.90 Å². The molecule has 0 radical (unpaired) electrons. The van der Waals surface area contributed by atoms with Gasteiger partial charge in [-0.1, -0.05) is 31.2 Å². The van der Waals surface area contributed by atoms with Gasteiger partial charge in [0.1, 0.15) is 0 Å². The molecule has 0 aromatic heterocycles. The van der Waals surface area contributed by atoms with Gasteiger partial charge in [0, 0.05) is 25.2 Å². The van der Waals surface area contributed by atoms with Crippen LogP contribution in [0.2, 0.25) is 0 Å². The second-order valence-electron chi connectivity index (χ2n) is 5.47. The lowest BCUT2D eigenvalue weighted by Crippen LogP contribution is -2.32. The summed E-state index contributed by atoms with van der Waals surface area (Å²) in [6, 6.07) is 8.99. The Morgan fingerprint density at radius 2 is 2.00 bits per heavy atom. The third-order valence-electron chi connectivity index (χ3n) is 4.11. The summed E-state index contributed by atoms with van der Waals surface area (Å²) in [6.07, 6.45) is 2.37. The van der Waals surface area contributed by atoms with Crippen LogP contribution in [0.25, 0.3) is 0 Å². The Kier molecular flexibility index (Phi) is 2.30. The lowest BCUT2D eigenvalue weighted by Gasteiger charge is -2.19. The van der Waals surface area contributed by atoms with Crippen LogP contribution in [0.4, 0.5) is 0 Å². The van der Waals surface area contributed by atoms with Gasteiger partial charge in [-0.25, -0.2) is 0 Å². The van der Waals surface area contributed by atoms with Crippen LogP contribution in [-0.2, 0) is 13.0 Å². The van der Waals surface area contributed by atoms with E-state index in [1.807, 2.05) is 0 Å². The molecule has 1 aromatic rings. The smallest absolute Gasteiger partial charge is 0.0328 e. The van der Waals surface area contributed by atoms with Crippen molar-refractivity contribution in [3.63, 3.8) is 0 Å². The predicted molar refractivity (Wildman–Crippen MR) is 66.1 cm³/mol. The first kappa shape index (κ1) is 10.3. The van der Waals surface area contributed by atoms with Gasteiger partial charge in [-0.3, -0.25) is 4.90 Å². The number of fused-ring (bicyclic) bond motifs is 1.